The quantitative estimate of drug-likeness (QED) is 0.608. The fraction of sp³-hybridized carbons (Fsp3) is 0.364. The summed E-state index contributed by atoms with van der Waals surface area (Å²) in [5.74, 6) is -0.772. The first kappa shape index (κ1) is 16.6. The Morgan fingerprint density at radius 2 is 2.10 bits per heavy atom. The van der Waals surface area contributed by atoms with E-state index in [1.54, 1.807) is 6.92 Å². The maximum Gasteiger partial charge on any atom is 0.337 e. The Labute approximate surface area is 119 Å². The number of aromatic carboxylic acids is 1. The van der Waals surface area contributed by atoms with E-state index >= 15 is 0 Å². The van der Waals surface area contributed by atoms with E-state index in [0.717, 1.165) is 12.1 Å². The van der Waals surface area contributed by atoms with Crippen LogP contribution in [0, 0.1) is 0 Å². The molecule has 1 aromatic carbocycles. The number of anilines is 1. The Hall–Kier alpha value is -1.45. The predicted octanol–water partition coefficient (Wildman–Crippen LogP) is 0.0139. The molecule has 4 N–H and O–H groups in total. The van der Waals surface area contributed by atoms with E-state index in [-0.39, 0.29) is 22.9 Å². The Balaban J connectivity index is 2.98. The molecular weight excluding hydrogens is 304 g/mol. The van der Waals surface area contributed by atoms with E-state index in [2.05, 4.69) is 4.72 Å². The van der Waals surface area contributed by atoms with Gasteiger partial charge in [-0.3, -0.25) is 4.21 Å². The molecule has 0 aliphatic rings. The van der Waals surface area contributed by atoms with Crippen molar-refractivity contribution >= 4 is 32.5 Å². The Morgan fingerprint density at radius 3 is 2.65 bits per heavy atom. The van der Waals surface area contributed by atoms with Gasteiger partial charge in [-0.1, -0.05) is 6.92 Å². The van der Waals surface area contributed by atoms with Gasteiger partial charge in [0.2, 0.25) is 10.0 Å². The standard InChI is InChI=1S/C11H16N2O5S2/c1-2-19(16)6-5-13-20(17,18)10-4-3-8(12)7-9(10)11(14)15/h3-4,7,13H,2,5-6,12H2,1H3,(H,14,15). The van der Waals surface area contributed by atoms with Crippen molar-refractivity contribution in [1.82, 2.24) is 4.72 Å². The van der Waals surface area contributed by atoms with Gasteiger partial charge < -0.3 is 10.8 Å². The van der Waals surface area contributed by atoms with Gasteiger partial charge in [-0.05, 0) is 18.2 Å². The third kappa shape index (κ3) is 4.29. The minimum atomic E-state index is -3.98. The highest BCUT2D eigenvalue weighted by Gasteiger charge is 2.22. The molecule has 9 heteroatoms. The average molecular weight is 320 g/mol. The van der Waals surface area contributed by atoms with Gasteiger partial charge >= 0.3 is 5.97 Å². The normalized spacial score (nSPS) is 13.1. The van der Waals surface area contributed by atoms with Crippen LogP contribution in [0.1, 0.15) is 17.3 Å². The molecule has 0 spiro atoms. The van der Waals surface area contributed by atoms with Gasteiger partial charge in [-0.15, -0.1) is 0 Å². The van der Waals surface area contributed by atoms with Gasteiger partial charge in [-0.2, -0.15) is 0 Å². The zero-order valence-corrected chi connectivity index (χ0v) is 12.5. The summed E-state index contributed by atoms with van der Waals surface area (Å²) in [5, 5.41) is 9.01. The summed E-state index contributed by atoms with van der Waals surface area (Å²) in [6, 6.07) is 3.53. The van der Waals surface area contributed by atoms with Crippen LogP contribution in [0.25, 0.3) is 0 Å². The van der Waals surface area contributed by atoms with Crippen molar-refractivity contribution in [3.05, 3.63) is 23.8 Å². The second-order valence-electron chi connectivity index (χ2n) is 3.89. The molecule has 7 nitrogen and oxygen atoms in total. The van der Waals surface area contributed by atoms with Gasteiger partial charge in [0, 0.05) is 34.5 Å². The van der Waals surface area contributed by atoms with Gasteiger partial charge in [-0.25, -0.2) is 17.9 Å². The van der Waals surface area contributed by atoms with Crippen molar-refractivity contribution in [3.8, 4) is 0 Å². The van der Waals surface area contributed by atoms with E-state index in [1.165, 1.54) is 6.07 Å². The molecular formula is C11H16N2O5S2. The van der Waals surface area contributed by atoms with Crippen LogP contribution in [0.3, 0.4) is 0 Å². The van der Waals surface area contributed by atoms with Crippen molar-refractivity contribution in [2.45, 2.75) is 11.8 Å². The lowest BCUT2D eigenvalue weighted by Crippen LogP contribution is -2.29. The highest BCUT2D eigenvalue weighted by molar-refractivity contribution is 7.89. The van der Waals surface area contributed by atoms with Crippen molar-refractivity contribution in [2.75, 3.05) is 23.8 Å². The molecule has 0 saturated heterocycles. The Kier molecular flexibility index (Phi) is 5.66. The largest absolute Gasteiger partial charge is 0.478 e. The minimum Gasteiger partial charge on any atom is -0.478 e. The molecule has 0 fully saturated rings. The van der Waals surface area contributed by atoms with E-state index in [1.807, 2.05) is 0 Å². The fourth-order valence-corrected chi connectivity index (χ4v) is 3.42. The lowest BCUT2D eigenvalue weighted by molar-refractivity contribution is 0.0692. The molecule has 0 saturated carbocycles. The molecule has 0 aromatic heterocycles. The van der Waals surface area contributed by atoms with Crippen molar-refractivity contribution < 1.29 is 22.5 Å². The zero-order chi connectivity index (χ0) is 15.3. The molecule has 0 radical (unpaired) electrons. The molecule has 0 aliphatic carbocycles. The molecule has 0 heterocycles. The molecule has 0 amide bonds. The Morgan fingerprint density at radius 1 is 1.45 bits per heavy atom. The van der Waals surface area contributed by atoms with Crippen LogP contribution in [0.15, 0.2) is 23.1 Å². The van der Waals surface area contributed by atoms with Gasteiger partial charge in [0.25, 0.3) is 0 Å². The number of rotatable bonds is 7. The number of hydrogen-bond acceptors (Lipinski definition) is 5. The van der Waals surface area contributed by atoms with Gasteiger partial charge in [0.15, 0.2) is 0 Å². The predicted molar refractivity (Wildman–Crippen MR) is 76.6 cm³/mol. The number of carbonyl (C=O) groups is 1. The summed E-state index contributed by atoms with van der Waals surface area (Å²) in [4.78, 5) is 10.7. The molecule has 1 atom stereocenters. The number of nitrogen functional groups attached to an aromatic ring is 1. The first-order valence-corrected chi connectivity index (χ1v) is 8.72. The zero-order valence-electron chi connectivity index (χ0n) is 10.8. The monoisotopic (exact) mass is 320 g/mol. The first-order valence-electron chi connectivity index (χ1n) is 5.75. The molecule has 0 bridgehead atoms. The molecule has 1 rings (SSSR count). The third-order valence-corrected chi connectivity index (χ3v) is 5.29. The molecule has 1 unspecified atom stereocenters. The van der Waals surface area contributed by atoms with Crippen LogP contribution in [0.2, 0.25) is 0 Å². The highest BCUT2D eigenvalue weighted by atomic mass is 32.2. The number of nitrogens with one attached hydrogen (secondary N) is 1. The molecule has 0 aliphatic heterocycles. The average Bonchev–Trinajstić information content (AvgIpc) is 2.37. The molecule has 1 aromatic rings. The summed E-state index contributed by atoms with van der Waals surface area (Å²) >= 11 is 0. The van der Waals surface area contributed by atoms with Crippen molar-refractivity contribution in [3.63, 3.8) is 0 Å². The Bertz CT molecular complexity index is 628. The fourth-order valence-electron chi connectivity index (χ4n) is 1.46. The number of carboxylic acid groups (broad SMARTS) is 1. The summed E-state index contributed by atoms with van der Waals surface area (Å²) in [5.41, 5.74) is 5.21. The SMILES string of the molecule is CCS(=O)CCNS(=O)(=O)c1ccc(N)cc1C(=O)O. The number of carboxylic acids is 1. The number of sulfonamides is 1. The topological polar surface area (TPSA) is 127 Å². The first-order chi connectivity index (χ1) is 9.27. The number of benzene rings is 1. The summed E-state index contributed by atoms with van der Waals surface area (Å²) in [6.45, 7) is 1.71. The highest BCUT2D eigenvalue weighted by Crippen LogP contribution is 2.18. The van der Waals surface area contributed by atoms with E-state index < -0.39 is 32.4 Å². The van der Waals surface area contributed by atoms with Crippen LogP contribution in [-0.4, -0.2) is 41.8 Å². The van der Waals surface area contributed by atoms with E-state index in [0.29, 0.717) is 5.75 Å². The molecule has 20 heavy (non-hydrogen) atoms. The maximum atomic E-state index is 12.0. The van der Waals surface area contributed by atoms with E-state index in [9.17, 15) is 17.4 Å². The maximum absolute atomic E-state index is 12.0. The van der Waals surface area contributed by atoms with Gasteiger partial charge in [0.05, 0.1) is 10.5 Å². The van der Waals surface area contributed by atoms with Crippen LogP contribution in [0.5, 0.6) is 0 Å². The minimum absolute atomic E-state index is 0.0216. The second-order valence-corrected chi connectivity index (χ2v) is 7.49. The van der Waals surface area contributed by atoms with Crippen molar-refractivity contribution in [1.29, 1.82) is 0 Å². The summed E-state index contributed by atoms with van der Waals surface area (Å²) in [6.07, 6.45) is 0. The number of nitrogens with two attached hydrogens (primary N) is 1. The van der Waals surface area contributed by atoms with Crippen LogP contribution in [0.4, 0.5) is 5.69 Å². The van der Waals surface area contributed by atoms with Gasteiger partial charge in [0.1, 0.15) is 0 Å². The third-order valence-electron chi connectivity index (χ3n) is 2.47. The smallest absolute Gasteiger partial charge is 0.337 e. The molecule has 112 valence electrons. The second kappa shape index (κ2) is 6.82. The van der Waals surface area contributed by atoms with Crippen molar-refractivity contribution in [2.24, 2.45) is 0 Å². The summed E-state index contributed by atoms with van der Waals surface area (Å²) < 4.78 is 37.5. The number of hydrogen-bond donors (Lipinski definition) is 3. The lowest BCUT2D eigenvalue weighted by Gasteiger charge is -2.09. The van der Waals surface area contributed by atoms with Crippen LogP contribution in [-0.2, 0) is 20.8 Å². The lowest BCUT2D eigenvalue weighted by atomic mass is 10.2. The summed E-state index contributed by atoms with van der Waals surface area (Å²) in [7, 11) is -5.08. The van der Waals surface area contributed by atoms with E-state index in [4.69, 9.17) is 10.8 Å². The van der Waals surface area contributed by atoms with Crippen LogP contribution < -0.4 is 10.5 Å². The van der Waals surface area contributed by atoms with Crippen LogP contribution >= 0.6 is 0 Å².